The van der Waals surface area contributed by atoms with Crippen LogP contribution in [0.15, 0.2) is 0 Å². The molecule has 0 aliphatic carbocycles. The van der Waals surface area contributed by atoms with Gasteiger partial charge in [0.25, 0.3) is 11.9 Å². The molecular weight excluding hydrogens is 276 g/mol. The number of unbranched alkanes of at least 4 members (excludes halogenated alkanes) is 3. The second-order valence-corrected chi connectivity index (χ2v) is 6.17. The van der Waals surface area contributed by atoms with Gasteiger partial charge < -0.3 is 14.4 Å². The molecule has 3 saturated heterocycles. The monoisotopic (exact) mass is 298 g/mol. The van der Waals surface area contributed by atoms with Crippen LogP contribution in [0.2, 0.25) is 0 Å². The molecule has 0 spiro atoms. The number of carbonyl (C=O) groups excluding carboxylic acids is 1. The van der Waals surface area contributed by atoms with E-state index in [9.17, 15) is 14.9 Å². The second kappa shape index (κ2) is 5.88. The molecule has 3 aliphatic heterocycles. The fourth-order valence-corrected chi connectivity index (χ4v) is 3.76. The van der Waals surface area contributed by atoms with Gasteiger partial charge in [-0.05, 0) is 12.8 Å². The summed E-state index contributed by atoms with van der Waals surface area (Å²) in [6, 6.07) is -1.32. The number of ether oxygens (including phenoxy) is 2. The van der Waals surface area contributed by atoms with Gasteiger partial charge in [0.2, 0.25) is 0 Å². The predicted octanol–water partition coefficient (Wildman–Crippen LogP) is 1.18. The minimum absolute atomic E-state index is 0.154. The number of fused-ring (bicyclic) bond motifs is 6. The molecule has 0 aromatic heterocycles. The van der Waals surface area contributed by atoms with Crippen molar-refractivity contribution in [3.05, 3.63) is 10.1 Å². The molecule has 0 unspecified atom stereocenters. The molecule has 7 nitrogen and oxygen atoms in total. The lowest BCUT2D eigenvalue weighted by molar-refractivity contribution is -0.525. The van der Waals surface area contributed by atoms with Crippen LogP contribution in [0.1, 0.15) is 39.0 Å². The minimum atomic E-state index is -1.17. The third kappa shape index (κ3) is 2.53. The molecule has 1 amide bonds. The van der Waals surface area contributed by atoms with Crippen molar-refractivity contribution in [3.8, 4) is 0 Å². The molecule has 21 heavy (non-hydrogen) atoms. The molecule has 118 valence electrons. The predicted molar refractivity (Wildman–Crippen MR) is 73.1 cm³/mol. The summed E-state index contributed by atoms with van der Waals surface area (Å²) in [6.07, 6.45) is 4.08. The van der Waals surface area contributed by atoms with Gasteiger partial charge in [0.1, 0.15) is 0 Å². The van der Waals surface area contributed by atoms with E-state index in [2.05, 4.69) is 6.92 Å². The van der Waals surface area contributed by atoms with Crippen LogP contribution >= 0.6 is 0 Å². The lowest BCUT2D eigenvalue weighted by Crippen LogP contribution is -2.64. The minimum Gasteiger partial charge on any atom is -0.348 e. The number of amides is 1. The molecule has 0 N–H and O–H groups in total. The van der Waals surface area contributed by atoms with Crippen molar-refractivity contribution in [2.75, 3.05) is 13.2 Å². The molecule has 4 bridgehead atoms. The van der Waals surface area contributed by atoms with Crippen LogP contribution in [0.4, 0.5) is 0 Å². The van der Waals surface area contributed by atoms with Crippen molar-refractivity contribution < 1.29 is 19.2 Å². The standard InChI is InChI=1S/C14H22N2O5/c1-2-3-4-5-6-15-10-7-9(11-8-20-14(10)21-11)12(13(15)17)16(18)19/h9-12,14H,2-8H2,1H3/t9-,10-,11+,12-,14+/m0/s1. The van der Waals surface area contributed by atoms with Crippen molar-refractivity contribution in [3.63, 3.8) is 0 Å². The molecule has 3 aliphatic rings. The van der Waals surface area contributed by atoms with Gasteiger partial charge in [-0.1, -0.05) is 26.2 Å². The fourth-order valence-electron chi connectivity index (χ4n) is 3.76. The Hall–Kier alpha value is -1.21. The van der Waals surface area contributed by atoms with E-state index < -0.39 is 17.3 Å². The van der Waals surface area contributed by atoms with Crippen LogP contribution < -0.4 is 0 Å². The van der Waals surface area contributed by atoms with Gasteiger partial charge >= 0.3 is 0 Å². The average molecular weight is 298 g/mol. The molecular formula is C14H22N2O5. The number of nitro groups is 1. The van der Waals surface area contributed by atoms with Crippen molar-refractivity contribution in [1.82, 2.24) is 4.90 Å². The topological polar surface area (TPSA) is 81.9 Å². The van der Waals surface area contributed by atoms with E-state index in [0.717, 1.165) is 25.7 Å². The van der Waals surface area contributed by atoms with Gasteiger partial charge in [-0.25, -0.2) is 0 Å². The molecule has 3 heterocycles. The second-order valence-electron chi connectivity index (χ2n) is 6.17. The normalized spacial score (nSPS) is 37.9. The summed E-state index contributed by atoms with van der Waals surface area (Å²) in [4.78, 5) is 25.1. The molecule has 0 saturated carbocycles. The Morgan fingerprint density at radius 3 is 2.90 bits per heavy atom. The Morgan fingerprint density at radius 2 is 2.19 bits per heavy atom. The molecule has 5 atom stereocenters. The highest BCUT2D eigenvalue weighted by atomic mass is 16.7. The summed E-state index contributed by atoms with van der Waals surface area (Å²) in [7, 11) is 0. The van der Waals surface area contributed by atoms with E-state index in [1.165, 1.54) is 0 Å². The van der Waals surface area contributed by atoms with E-state index in [-0.39, 0.29) is 24.0 Å². The first-order valence-corrected chi connectivity index (χ1v) is 7.84. The highest BCUT2D eigenvalue weighted by Gasteiger charge is 2.60. The largest absolute Gasteiger partial charge is 0.348 e. The maximum Gasteiger partial charge on any atom is 0.298 e. The zero-order valence-electron chi connectivity index (χ0n) is 12.3. The summed E-state index contributed by atoms with van der Waals surface area (Å²) < 4.78 is 11.3. The Balaban J connectivity index is 1.75. The molecule has 7 heteroatoms. The van der Waals surface area contributed by atoms with E-state index >= 15 is 0 Å². The summed E-state index contributed by atoms with van der Waals surface area (Å²) >= 11 is 0. The van der Waals surface area contributed by atoms with Crippen LogP contribution in [0.5, 0.6) is 0 Å². The molecule has 0 radical (unpaired) electrons. The maximum absolute atomic E-state index is 12.5. The first kappa shape index (κ1) is 14.7. The Labute approximate surface area is 123 Å². The van der Waals surface area contributed by atoms with Crippen LogP contribution in [0, 0.1) is 16.0 Å². The first-order valence-electron chi connectivity index (χ1n) is 7.84. The summed E-state index contributed by atoms with van der Waals surface area (Å²) in [5.74, 6) is -0.690. The van der Waals surface area contributed by atoms with Crippen molar-refractivity contribution >= 4 is 5.91 Å². The Kier molecular flexibility index (Phi) is 4.12. The van der Waals surface area contributed by atoms with Gasteiger partial charge in [0.15, 0.2) is 6.29 Å². The molecule has 3 rings (SSSR count). The summed E-state index contributed by atoms with van der Waals surface area (Å²) in [5, 5.41) is 11.3. The Morgan fingerprint density at radius 1 is 1.38 bits per heavy atom. The Bertz CT molecular complexity index is 430. The van der Waals surface area contributed by atoms with Crippen LogP contribution in [0.25, 0.3) is 0 Å². The number of hydrogen-bond donors (Lipinski definition) is 0. The lowest BCUT2D eigenvalue weighted by atomic mass is 9.81. The number of nitrogens with zero attached hydrogens (tertiary/aromatic N) is 2. The lowest BCUT2D eigenvalue weighted by Gasteiger charge is -2.45. The van der Waals surface area contributed by atoms with Crippen LogP contribution in [0.3, 0.4) is 0 Å². The van der Waals surface area contributed by atoms with E-state index in [1.54, 1.807) is 4.90 Å². The van der Waals surface area contributed by atoms with E-state index in [4.69, 9.17) is 9.47 Å². The van der Waals surface area contributed by atoms with Gasteiger partial charge in [0.05, 0.1) is 24.7 Å². The summed E-state index contributed by atoms with van der Waals surface area (Å²) in [5.41, 5.74) is 0. The van der Waals surface area contributed by atoms with E-state index in [0.29, 0.717) is 19.6 Å². The summed E-state index contributed by atoms with van der Waals surface area (Å²) in [6.45, 7) is 3.06. The van der Waals surface area contributed by atoms with E-state index in [1.807, 2.05) is 0 Å². The highest BCUT2D eigenvalue weighted by molar-refractivity contribution is 5.82. The number of hydrogen-bond acceptors (Lipinski definition) is 5. The smallest absolute Gasteiger partial charge is 0.298 e. The van der Waals surface area contributed by atoms with Crippen LogP contribution in [-0.2, 0) is 14.3 Å². The number of piperidine rings is 1. The van der Waals surface area contributed by atoms with Gasteiger partial charge in [-0.15, -0.1) is 0 Å². The van der Waals surface area contributed by atoms with Crippen LogP contribution in [-0.4, -0.2) is 53.4 Å². The van der Waals surface area contributed by atoms with Crippen molar-refractivity contribution in [2.45, 2.75) is 63.5 Å². The quantitative estimate of drug-likeness (QED) is 0.418. The number of rotatable bonds is 6. The third-order valence-corrected chi connectivity index (χ3v) is 4.86. The average Bonchev–Trinajstić information content (AvgIpc) is 2.88. The first-order chi connectivity index (χ1) is 10.1. The van der Waals surface area contributed by atoms with Gasteiger partial charge in [-0.2, -0.15) is 0 Å². The number of likely N-dealkylation sites (tertiary alicyclic amines) is 1. The van der Waals surface area contributed by atoms with Gasteiger partial charge in [-0.3, -0.25) is 14.9 Å². The zero-order chi connectivity index (χ0) is 15.0. The maximum atomic E-state index is 12.5. The fraction of sp³-hybridized carbons (Fsp3) is 0.929. The van der Waals surface area contributed by atoms with Gasteiger partial charge in [0, 0.05) is 11.5 Å². The van der Waals surface area contributed by atoms with Crippen molar-refractivity contribution in [1.29, 1.82) is 0 Å². The molecule has 3 fully saturated rings. The molecule has 0 aromatic carbocycles. The SMILES string of the molecule is CCCCCCN1C(=O)[C@@H]([N+](=O)[O-])[C@H]2C[C@H]1[C@@H]1OC[C@H]2O1. The number of carbonyl (C=O) groups is 1. The zero-order valence-corrected chi connectivity index (χ0v) is 12.3. The van der Waals surface area contributed by atoms with Crippen molar-refractivity contribution in [2.24, 2.45) is 5.92 Å². The molecule has 0 aromatic rings. The highest BCUT2D eigenvalue weighted by Crippen LogP contribution is 2.41. The third-order valence-electron chi connectivity index (χ3n) is 4.86.